The number of anilines is 1. The summed E-state index contributed by atoms with van der Waals surface area (Å²) in [7, 11) is 0. The van der Waals surface area contributed by atoms with Crippen molar-refractivity contribution in [2.45, 2.75) is 0 Å². The summed E-state index contributed by atoms with van der Waals surface area (Å²) in [5, 5.41) is 14.5. The molecule has 3 aromatic carbocycles. The number of hydrogen-bond donors (Lipinski definition) is 2. The Balaban J connectivity index is 1.82. The van der Waals surface area contributed by atoms with Crippen LogP contribution in [-0.4, -0.2) is 10.9 Å². The molecular formula is C19H15NO2. The Bertz CT molecular complexity index is 847. The molecule has 3 heteroatoms. The summed E-state index contributed by atoms with van der Waals surface area (Å²) in [6.07, 6.45) is 3.01. The van der Waals surface area contributed by atoms with Crippen LogP contribution in [0.2, 0.25) is 0 Å². The molecule has 108 valence electrons. The molecule has 22 heavy (non-hydrogen) atoms. The van der Waals surface area contributed by atoms with Crippen LogP contribution in [0.15, 0.2) is 79.0 Å². The first kappa shape index (κ1) is 13.9. The van der Waals surface area contributed by atoms with Crippen molar-refractivity contribution in [3.05, 3.63) is 84.6 Å². The van der Waals surface area contributed by atoms with Crippen LogP contribution in [0.3, 0.4) is 0 Å². The number of para-hydroxylation sites is 2. The topological polar surface area (TPSA) is 49.3 Å². The number of ketones is 1. The molecule has 0 amide bonds. The fourth-order valence-electron chi connectivity index (χ4n) is 2.33. The molecule has 0 aromatic heterocycles. The highest BCUT2D eigenvalue weighted by Crippen LogP contribution is 2.22. The third kappa shape index (κ3) is 2.83. The molecule has 0 aliphatic carbocycles. The molecule has 3 aromatic rings. The largest absolute Gasteiger partial charge is 0.506 e. The van der Waals surface area contributed by atoms with E-state index < -0.39 is 0 Å². The van der Waals surface area contributed by atoms with Gasteiger partial charge in [0.1, 0.15) is 5.75 Å². The lowest BCUT2D eigenvalue weighted by Crippen LogP contribution is -1.97. The van der Waals surface area contributed by atoms with Crippen molar-refractivity contribution in [1.29, 1.82) is 0 Å². The zero-order chi connectivity index (χ0) is 15.4. The smallest absolute Gasteiger partial charge is 0.187 e. The summed E-state index contributed by atoms with van der Waals surface area (Å²) in [4.78, 5) is 12.3. The first-order chi connectivity index (χ1) is 10.8. The predicted octanol–water partition coefficient (Wildman–Crippen LogP) is 4.35. The van der Waals surface area contributed by atoms with Gasteiger partial charge in [0.05, 0.1) is 5.69 Å². The molecule has 0 saturated carbocycles. The van der Waals surface area contributed by atoms with E-state index in [0.29, 0.717) is 11.3 Å². The van der Waals surface area contributed by atoms with Gasteiger partial charge < -0.3 is 10.4 Å². The highest BCUT2D eigenvalue weighted by molar-refractivity contribution is 6.13. The molecule has 0 bridgehead atoms. The zero-order valence-corrected chi connectivity index (χ0v) is 11.9. The molecule has 0 saturated heterocycles. The van der Waals surface area contributed by atoms with Crippen LogP contribution in [0.1, 0.15) is 10.4 Å². The van der Waals surface area contributed by atoms with Crippen LogP contribution in [0.25, 0.3) is 10.8 Å². The number of phenolic OH excluding ortho intramolecular Hbond substituents is 1. The molecule has 0 radical (unpaired) electrons. The number of benzene rings is 3. The van der Waals surface area contributed by atoms with E-state index in [1.54, 1.807) is 24.4 Å². The van der Waals surface area contributed by atoms with Gasteiger partial charge in [-0.3, -0.25) is 4.79 Å². The first-order valence-electron chi connectivity index (χ1n) is 6.99. The van der Waals surface area contributed by atoms with Crippen LogP contribution in [-0.2, 0) is 0 Å². The molecule has 0 aliphatic heterocycles. The summed E-state index contributed by atoms with van der Waals surface area (Å²) >= 11 is 0. The molecule has 2 N–H and O–H groups in total. The van der Waals surface area contributed by atoms with Crippen molar-refractivity contribution in [2.24, 2.45) is 0 Å². The summed E-state index contributed by atoms with van der Waals surface area (Å²) in [5.74, 6) is 0.0597. The average molecular weight is 289 g/mol. The summed E-state index contributed by atoms with van der Waals surface area (Å²) in [6, 6.07) is 20.3. The molecule has 0 heterocycles. The van der Waals surface area contributed by atoms with Crippen molar-refractivity contribution >= 4 is 22.2 Å². The molecule has 0 fully saturated rings. The van der Waals surface area contributed by atoms with Gasteiger partial charge in [0.25, 0.3) is 0 Å². The van der Waals surface area contributed by atoms with E-state index in [0.717, 1.165) is 10.8 Å². The number of rotatable bonds is 4. The highest BCUT2D eigenvalue weighted by Gasteiger charge is 2.06. The maximum Gasteiger partial charge on any atom is 0.187 e. The standard InChI is InChI=1S/C19H15NO2/c21-18(12-13-20-17-10-3-4-11-19(17)22)16-9-5-7-14-6-1-2-8-15(14)16/h1-13,20,22H/b13-12+. The maximum atomic E-state index is 12.3. The number of carbonyl (C=O) groups is 1. The summed E-state index contributed by atoms with van der Waals surface area (Å²) in [6.45, 7) is 0. The quantitative estimate of drug-likeness (QED) is 0.426. The van der Waals surface area contributed by atoms with E-state index in [1.807, 2.05) is 48.5 Å². The van der Waals surface area contributed by atoms with Gasteiger partial charge in [-0.25, -0.2) is 0 Å². The van der Waals surface area contributed by atoms with Crippen molar-refractivity contribution in [3.8, 4) is 5.75 Å². The van der Waals surface area contributed by atoms with E-state index in [1.165, 1.54) is 6.08 Å². The van der Waals surface area contributed by atoms with Gasteiger partial charge in [0.15, 0.2) is 5.78 Å². The summed E-state index contributed by atoms with van der Waals surface area (Å²) < 4.78 is 0. The van der Waals surface area contributed by atoms with Crippen LogP contribution < -0.4 is 5.32 Å². The molecule has 0 unspecified atom stereocenters. The van der Waals surface area contributed by atoms with Crippen LogP contribution in [0, 0.1) is 0 Å². The Labute approximate surface area is 128 Å². The average Bonchev–Trinajstić information content (AvgIpc) is 2.56. The number of carbonyl (C=O) groups excluding carboxylic acids is 1. The molecular weight excluding hydrogens is 274 g/mol. The van der Waals surface area contributed by atoms with Crippen LogP contribution in [0.5, 0.6) is 5.75 Å². The molecule has 0 atom stereocenters. The lowest BCUT2D eigenvalue weighted by molar-refractivity contribution is 0.104. The minimum absolute atomic E-state index is 0.0836. The number of allylic oxidation sites excluding steroid dienone is 1. The monoisotopic (exact) mass is 289 g/mol. The van der Waals surface area contributed by atoms with E-state index in [4.69, 9.17) is 0 Å². The SMILES string of the molecule is O=C(/C=C/Nc1ccccc1O)c1cccc2ccccc12. The minimum Gasteiger partial charge on any atom is -0.506 e. The molecule has 3 rings (SSSR count). The minimum atomic E-state index is -0.0836. The van der Waals surface area contributed by atoms with Gasteiger partial charge in [-0.1, -0.05) is 54.6 Å². The molecule has 0 spiro atoms. The maximum absolute atomic E-state index is 12.3. The fourth-order valence-corrected chi connectivity index (χ4v) is 2.33. The Hall–Kier alpha value is -3.07. The number of phenols is 1. The van der Waals surface area contributed by atoms with E-state index in [-0.39, 0.29) is 11.5 Å². The fraction of sp³-hybridized carbons (Fsp3) is 0. The lowest BCUT2D eigenvalue weighted by atomic mass is 10.0. The Morgan fingerprint density at radius 3 is 2.50 bits per heavy atom. The zero-order valence-electron chi connectivity index (χ0n) is 11.9. The predicted molar refractivity (Wildman–Crippen MR) is 89.1 cm³/mol. The molecule has 3 nitrogen and oxygen atoms in total. The lowest BCUT2D eigenvalue weighted by Gasteiger charge is -2.04. The third-order valence-corrected chi connectivity index (χ3v) is 3.43. The Kier molecular flexibility index (Phi) is 3.88. The summed E-state index contributed by atoms with van der Waals surface area (Å²) in [5.41, 5.74) is 1.22. The van der Waals surface area contributed by atoms with Crippen molar-refractivity contribution in [2.75, 3.05) is 5.32 Å². The van der Waals surface area contributed by atoms with Crippen LogP contribution in [0.4, 0.5) is 5.69 Å². The Morgan fingerprint density at radius 2 is 1.64 bits per heavy atom. The van der Waals surface area contributed by atoms with E-state index >= 15 is 0 Å². The number of fused-ring (bicyclic) bond motifs is 1. The normalized spacial score (nSPS) is 10.9. The second kappa shape index (κ2) is 6.14. The van der Waals surface area contributed by atoms with Crippen molar-refractivity contribution in [1.82, 2.24) is 0 Å². The Morgan fingerprint density at radius 1 is 0.909 bits per heavy atom. The van der Waals surface area contributed by atoms with Crippen molar-refractivity contribution < 1.29 is 9.90 Å². The third-order valence-electron chi connectivity index (χ3n) is 3.43. The number of aromatic hydroxyl groups is 1. The van der Waals surface area contributed by atoms with Gasteiger partial charge in [0.2, 0.25) is 0 Å². The van der Waals surface area contributed by atoms with E-state index in [2.05, 4.69) is 5.32 Å². The highest BCUT2D eigenvalue weighted by atomic mass is 16.3. The van der Waals surface area contributed by atoms with Crippen LogP contribution >= 0.6 is 0 Å². The van der Waals surface area contributed by atoms with E-state index in [9.17, 15) is 9.90 Å². The first-order valence-corrected chi connectivity index (χ1v) is 6.99. The van der Waals surface area contributed by atoms with Crippen molar-refractivity contribution in [3.63, 3.8) is 0 Å². The van der Waals surface area contributed by atoms with Gasteiger partial charge in [-0.2, -0.15) is 0 Å². The number of nitrogens with one attached hydrogen (secondary N) is 1. The second-order valence-electron chi connectivity index (χ2n) is 4.89. The van der Waals surface area contributed by atoms with Gasteiger partial charge in [-0.05, 0) is 22.9 Å². The second-order valence-corrected chi connectivity index (χ2v) is 4.89. The molecule has 0 aliphatic rings. The van der Waals surface area contributed by atoms with Gasteiger partial charge in [0, 0.05) is 17.8 Å². The van der Waals surface area contributed by atoms with Gasteiger partial charge >= 0.3 is 0 Å². The number of hydrogen-bond acceptors (Lipinski definition) is 3. The van der Waals surface area contributed by atoms with Gasteiger partial charge in [-0.15, -0.1) is 0 Å².